The molecule has 1 heterocycles. The summed E-state index contributed by atoms with van der Waals surface area (Å²) >= 11 is 6.07. The summed E-state index contributed by atoms with van der Waals surface area (Å²) in [5, 5.41) is 4.57. The Labute approximate surface area is 126 Å². The molecule has 2 aromatic rings. The highest BCUT2D eigenvalue weighted by molar-refractivity contribution is 6.34. The maximum atomic E-state index is 11.2. The van der Waals surface area contributed by atoms with E-state index in [0.717, 1.165) is 22.5 Å². The highest BCUT2D eigenvalue weighted by Gasteiger charge is 2.16. The second-order valence-electron chi connectivity index (χ2n) is 4.73. The van der Waals surface area contributed by atoms with Crippen LogP contribution in [-0.4, -0.2) is 21.6 Å². The van der Waals surface area contributed by atoms with Gasteiger partial charge in [-0.3, -0.25) is 14.3 Å². The van der Waals surface area contributed by atoms with Gasteiger partial charge in [0.05, 0.1) is 16.3 Å². The summed E-state index contributed by atoms with van der Waals surface area (Å²) in [7, 11) is 0. The first-order valence-corrected chi connectivity index (χ1v) is 6.61. The number of aryl methyl sites for hydroxylation is 1. The zero-order valence-electron chi connectivity index (χ0n) is 11.7. The average molecular weight is 307 g/mol. The van der Waals surface area contributed by atoms with E-state index in [1.165, 1.54) is 0 Å². The van der Waals surface area contributed by atoms with Gasteiger partial charge in [0.25, 0.3) is 0 Å². The van der Waals surface area contributed by atoms with E-state index in [4.69, 9.17) is 23.1 Å². The van der Waals surface area contributed by atoms with Gasteiger partial charge in [-0.05, 0) is 31.5 Å². The number of halogens is 1. The van der Waals surface area contributed by atoms with Crippen molar-refractivity contribution in [2.45, 2.75) is 20.4 Å². The number of aromatic nitrogens is 2. The van der Waals surface area contributed by atoms with Gasteiger partial charge < -0.3 is 11.5 Å². The van der Waals surface area contributed by atoms with Gasteiger partial charge in [0.15, 0.2) is 0 Å². The molecule has 0 aliphatic carbocycles. The highest BCUT2D eigenvalue weighted by atomic mass is 35.5. The molecule has 21 heavy (non-hydrogen) atoms. The first-order valence-electron chi connectivity index (χ1n) is 6.23. The van der Waals surface area contributed by atoms with Crippen LogP contribution in [0.2, 0.25) is 5.02 Å². The molecule has 0 saturated carbocycles. The molecule has 2 amide bonds. The van der Waals surface area contributed by atoms with Crippen molar-refractivity contribution in [1.82, 2.24) is 9.78 Å². The van der Waals surface area contributed by atoms with Gasteiger partial charge in [0.2, 0.25) is 11.8 Å². The smallest absolute Gasteiger partial charge is 0.250 e. The van der Waals surface area contributed by atoms with Gasteiger partial charge >= 0.3 is 0 Å². The lowest BCUT2D eigenvalue weighted by Gasteiger charge is -2.06. The van der Waals surface area contributed by atoms with Crippen LogP contribution in [0.4, 0.5) is 0 Å². The number of benzene rings is 1. The molecule has 0 aliphatic heterocycles. The minimum Gasteiger partial charge on any atom is -0.368 e. The molecule has 4 N–H and O–H groups in total. The number of rotatable bonds is 4. The Morgan fingerprint density at radius 1 is 1.29 bits per heavy atom. The van der Waals surface area contributed by atoms with Crippen LogP contribution in [0.25, 0.3) is 11.1 Å². The Balaban J connectivity index is 2.52. The largest absolute Gasteiger partial charge is 0.368 e. The lowest BCUT2D eigenvalue weighted by molar-refractivity contribution is -0.118. The zero-order valence-corrected chi connectivity index (χ0v) is 12.4. The molecule has 0 radical (unpaired) electrons. The summed E-state index contributed by atoms with van der Waals surface area (Å²) in [6, 6.07) is 4.98. The van der Waals surface area contributed by atoms with Crippen molar-refractivity contribution in [3.8, 4) is 11.1 Å². The van der Waals surface area contributed by atoms with E-state index in [-0.39, 0.29) is 17.1 Å². The normalized spacial score (nSPS) is 10.6. The van der Waals surface area contributed by atoms with Crippen LogP contribution in [0.3, 0.4) is 0 Å². The summed E-state index contributed by atoms with van der Waals surface area (Å²) in [6.07, 6.45) is 0. The van der Waals surface area contributed by atoms with E-state index in [0.29, 0.717) is 0 Å². The van der Waals surface area contributed by atoms with Gasteiger partial charge in [0, 0.05) is 11.3 Å². The molecular weight excluding hydrogens is 292 g/mol. The first-order chi connectivity index (χ1) is 9.81. The monoisotopic (exact) mass is 306 g/mol. The molecule has 0 aliphatic rings. The SMILES string of the molecule is Cc1nn(CC(N)=O)c(C)c1-c1ccc(C(N)=O)c(Cl)c1. The number of nitrogens with zero attached hydrogens (tertiary/aromatic N) is 2. The molecule has 1 aromatic carbocycles. The number of carbonyl (C=O) groups is 2. The molecule has 6 nitrogen and oxygen atoms in total. The number of carbonyl (C=O) groups excluding carboxylic acids is 2. The Bertz CT molecular complexity index is 737. The number of amides is 2. The second kappa shape index (κ2) is 5.57. The molecule has 2 rings (SSSR count). The molecule has 1 aromatic heterocycles. The van der Waals surface area contributed by atoms with Crippen molar-refractivity contribution in [2.75, 3.05) is 0 Å². The average Bonchev–Trinajstić information content (AvgIpc) is 2.63. The topological polar surface area (TPSA) is 104 Å². The second-order valence-corrected chi connectivity index (χ2v) is 5.14. The van der Waals surface area contributed by atoms with E-state index < -0.39 is 11.8 Å². The van der Waals surface area contributed by atoms with Crippen LogP contribution in [0, 0.1) is 13.8 Å². The number of hydrogen-bond acceptors (Lipinski definition) is 3. The van der Waals surface area contributed by atoms with Gasteiger partial charge in [-0.1, -0.05) is 17.7 Å². The van der Waals surface area contributed by atoms with Crippen molar-refractivity contribution < 1.29 is 9.59 Å². The minimum atomic E-state index is -0.579. The molecule has 0 fully saturated rings. The van der Waals surface area contributed by atoms with Crippen LogP contribution in [0.15, 0.2) is 18.2 Å². The van der Waals surface area contributed by atoms with Crippen LogP contribution >= 0.6 is 11.6 Å². The van der Waals surface area contributed by atoms with E-state index in [1.807, 2.05) is 13.8 Å². The molecule has 0 bridgehead atoms. The van der Waals surface area contributed by atoms with Crippen molar-refractivity contribution in [3.63, 3.8) is 0 Å². The lowest BCUT2D eigenvalue weighted by Crippen LogP contribution is -2.20. The fourth-order valence-corrected chi connectivity index (χ4v) is 2.56. The van der Waals surface area contributed by atoms with Crippen molar-refractivity contribution >= 4 is 23.4 Å². The molecule has 0 spiro atoms. The fraction of sp³-hybridized carbons (Fsp3) is 0.214. The summed E-state index contributed by atoms with van der Waals surface area (Å²) in [4.78, 5) is 22.2. The highest BCUT2D eigenvalue weighted by Crippen LogP contribution is 2.30. The van der Waals surface area contributed by atoms with Crippen LogP contribution in [0.1, 0.15) is 21.7 Å². The van der Waals surface area contributed by atoms with E-state index in [9.17, 15) is 9.59 Å². The van der Waals surface area contributed by atoms with Crippen molar-refractivity contribution in [3.05, 3.63) is 40.2 Å². The van der Waals surface area contributed by atoms with E-state index in [2.05, 4.69) is 5.10 Å². The van der Waals surface area contributed by atoms with Gasteiger partial charge in [-0.25, -0.2) is 0 Å². The van der Waals surface area contributed by atoms with Crippen LogP contribution in [0.5, 0.6) is 0 Å². The molecular formula is C14H15ClN4O2. The molecule has 7 heteroatoms. The standard InChI is InChI=1S/C14H15ClN4O2/c1-7-13(8(2)19(18-7)6-12(16)20)9-3-4-10(14(17)21)11(15)5-9/h3-5H,6H2,1-2H3,(H2,16,20)(H2,17,21). The molecule has 110 valence electrons. The van der Waals surface area contributed by atoms with Crippen molar-refractivity contribution in [2.24, 2.45) is 11.5 Å². The summed E-state index contributed by atoms with van der Waals surface area (Å²) < 4.78 is 1.54. The lowest BCUT2D eigenvalue weighted by atomic mass is 10.0. The number of hydrogen-bond donors (Lipinski definition) is 2. The third kappa shape index (κ3) is 2.90. The third-order valence-corrected chi connectivity index (χ3v) is 3.52. The maximum absolute atomic E-state index is 11.2. The third-order valence-electron chi connectivity index (χ3n) is 3.21. The van der Waals surface area contributed by atoms with E-state index >= 15 is 0 Å². The number of nitrogens with two attached hydrogens (primary N) is 2. The van der Waals surface area contributed by atoms with Crippen molar-refractivity contribution in [1.29, 1.82) is 0 Å². The molecule has 0 saturated heterocycles. The van der Waals surface area contributed by atoms with Gasteiger partial charge in [0.1, 0.15) is 6.54 Å². The maximum Gasteiger partial charge on any atom is 0.250 e. The Morgan fingerprint density at radius 2 is 1.95 bits per heavy atom. The minimum absolute atomic E-state index is 0.0137. The number of primary amides is 2. The predicted octanol–water partition coefficient (Wildman–Crippen LogP) is 1.40. The summed E-state index contributed by atoms with van der Waals surface area (Å²) in [6.45, 7) is 3.68. The molecule has 0 atom stereocenters. The summed E-state index contributed by atoms with van der Waals surface area (Å²) in [5.41, 5.74) is 13.9. The van der Waals surface area contributed by atoms with E-state index in [1.54, 1.807) is 22.9 Å². The Hall–Kier alpha value is -2.34. The van der Waals surface area contributed by atoms with Crippen LogP contribution in [-0.2, 0) is 11.3 Å². The quantitative estimate of drug-likeness (QED) is 0.892. The predicted molar refractivity (Wildman–Crippen MR) is 79.9 cm³/mol. The van der Waals surface area contributed by atoms with Gasteiger partial charge in [-0.15, -0.1) is 0 Å². The van der Waals surface area contributed by atoms with Gasteiger partial charge in [-0.2, -0.15) is 5.10 Å². The van der Waals surface area contributed by atoms with Crippen LogP contribution < -0.4 is 11.5 Å². The Morgan fingerprint density at radius 3 is 2.48 bits per heavy atom. The molecule has 0 unspecified atom stereocenters. The Kier molecular flexibility index (Phi) is 3.99. The fourth-order valence-electron chi connectivity index (χ4n) is 2.29. The summed E-state index contributed by atoms with van der Waals surface area (Å²) in [5.74, 6) is -1.04. The zero-order chi connectivity index (χ0) is 15.7. The first kappa shape index (κ1) is 15.1.